The summed E-state index contributed by atoms with van der Waals surface area (Å²) in [4.78, 5) is 4.18. The van der Waals surface area contributed by atoms with Gasteiger partial charge in [0, 0.05) is 10.6 Å². The first-order valence-corrected chi connectivity index (χ1v) is 5.55. The van der Waals surface area contributed by atoms with Crippen LogP contribution in [0.4, 0.5) is 10.1 Å². The Morgan fingerprint density at radius 2 is 2.07 bits per heavy atom. The van der Waals surface area contributed by atoms with E-state index >= 15 is 0 Å². The Morgan fingerprint density at radius 1 is 1.33 bits per heavy atom. The number of aromatic nitrogens is 1. The van der Waals surface area contributed by atoms with Gasteiger partial charge in [0.15, 0.2) is 5.13 Å². The largest absolute Gasteiger partial charge is 0.389 e. The molecule has 0 aliphatic carbocycles. The zero-order valence-corrected chi connectivity index (χ0v) is 9.69. The van der Waals surface area contributed by atoms with Crippen LogP contribution in [-0.2, 0) is 0 Å². The molecule has 0 radical (unpaired) electrons. The SMILES string of the molecule is Cc1cc(-c2nc(N)sc2N)ccc1Cl. The Morgan fingerprint density at radius 3 is 2.60 bits per heavy atom. The van der Waals surface area contributed by atoms with Gasteiger partial charge in [0.1, 0.15) is 10.7 Å². The van der Waals surface area contributed by atoms with Crippen molar-refractivity contribution >= 4 is 33.1 Å². The number of thiazole rings is 1. The van der Waals surface area contributed by atoms with E-state index in [1.54, 1.807) is 0 Å². The fourth-order valence-electron chi connectivity index (χ4n) is 1.35. The highest BCUT2D eigenvalue weighted by molar-refractivity contribution is 7.19. The highest BCUT2D eigenvalue weighted by atomic mass is 35.5. The van der Waals surface area contributed by atoms with Crippen molar-refractivity contribution in [2.75, 3.05) is 11.5 Å². The third-order valence-electron chi connectivity index (χ3n) is 2.10. The number of nitrogens with two attached hydrogens (primary N) is 2. The van der Waals surface area contributed by atoms with Crippen LogP contribution in [-0.4, -0.2) is 4.98 Å². The van der Waals surface area contributed by atoms with Crippen molar-refractivity contribution in [3.63, 3.8) is 0 Å². The third kappa shape index (κ3) is 1.91. The summed E-state index contributed by atoms with van der Waals surface area (Å²) in [5, 5.41) is 1.85. The maximum Gasteiger partial charge on any atom is 0.182 e. The van der Waals surface area contributed by atoms with E-state index in [9.17, 15) is 0 Å². The molecular weight excluding hydrogens is 230 g/mol. The lowest BCUT2D eigenvalue weighted by Gasteiger charge is -2.01. The molecule has 4 N–H and O–H groups in total. The van der Waals surface area contributed by atoms with Crippen molar-refractivity contribution in [2.24, 2.45) is 0 Å². The van der Waals surface area contributed by atoms with Gasteiger partial charge in [-0.05, 0) is 24.6 Å². The minimum atomic E-state index is 0.482. The quantitative estimate of drug-likeness (QED) is 0.804. The average Bonchev–Trinajstić information content (AvgIpc) is 2.50. The molecule has 2 rings (SSSR count). The fourth-order valence-corrected chi connectivity index (χ4v) is 2.09. The molecule has 3 nitrogen and oxygen atoms in total. The number of hydrogen-bond donors (Lipinski definition) is 2. The minimum Gasteiger partial charge on any atom is -0.389 e. The second kappa shape index (κ2) is 3.72. The Kier molecular flexibility index (Phi) is 2.54. The van der Waals surface area contributed by atoms with E-state index in [0.717, 1.165) is 21.8 Å². The molecule has 0 saturated heterocycles. The van der Waals surface area contributed by atoms with Gasteiger partial charge in [-0.1, -0.05) is 29.0 Å². The zero-order chi connectivity index (χ0) is 11.0. The van der Waals surface area contributed by atoms with Gasteiger partial charge in [-0.15, -0.1) is 0 Å². The molecule has 1 aromatic carbocycles. The molecule has 0 fully saturated rings. The Labute approximate surface area is 96.7 Å². The molecule has 78 valence electrons. The number of nitrogen functional groups attached to an aromatic ring is 2. The third-order valence-corrected chi connectivity index (χ3v) is 3.24. The molecule has 0 amide bonds. The molecule has 0 atom stereocenters. The minimum absolute atomic E-state index is 0.482. The van der Waals surface area contributed by atoms with Crippen LogP contribution < -0.4 is 11.5 Å². The van der Waals surface area contributed by atoms with Crippen molar-refractivity contribution in [3.05, 3.63) is 28.8 Å². The van der Waals surface area contributed by atoms with Gasteiger partial charge in [0.25, 0.3) is 0 Å². The van der Waals surface area contributed by atoms with E-state index < -0.39 is 0 Å². The first-order valence-electron chi connectivity index (χ1n) is 4.36. The number of aryl methyl sites for hydroxylation is 1. The second-order valence-electron chi connectivity index (χ2n) is 3.23. The predicted molar refractivity (Wildman–Crippen MR) is 66.1 cm³/mol. The lowest BCUT2D eigenvalue weighted by Crippen LogP contribution is -1.87. The number of benzene rings is 1. The topological polar surface area (TPSA) is 64.9 Å². The summed E-state index contributed by atoms with van der Waals surface area (Å²) in [6, 6.07) is 5.68. The van der Waals surface area contributed by atoms with Crippen LogP contribution in [0.5, 0.6) is 0 Å². The molecule has 0 aliphatic heterocycles. The van der Waals surface area contributed by atoms with E-state index in [1.807, 2.05) is 25.1 Å². The van der Waals surface area contributed by atoms with Crippen molar-refractivity contribution in [2.45, 2.75) is 6.92 Å². The van der Waals surface area contributed by atoms with Crippen LogP contribution in [0, 0.1) is 6.92 Å². The maximum absolute atomic E-state index is 5.94. The number of anilines is 2. The van der Waals surface area contributed by atoms with Crippen LogP contribution >= 0.6 is 22.9 Å². The summed E-state index contributed by atoms with van der Waals surface area (Å²) in [5.74, 6) is 0. The van der Waals surface area contributed by atoms with E-state index in [2.05, 4.69) is 4.98 Å². The van der Waals surface area contributed by atoms with Crippen LogP contribution in [0.25, 0.3) is 11.3 Å². The van der Waals surface area contributed by atoms with Gasteiger partial charge in [0.2, 0.25) is 0 Å². The standard InChI is InChI=1S/C10H10ClN3S/c1-5-4-6(2-3-7(5)11)8-9(12)15-10(13)14-8/h2-4H,12H2,1H3,(H2,13,14). The summed E-state index contributed by atoms with van der Waals surface area (Å²) < 4.78 is 0. The zero-order valence-electron chi connectivity index (χ0n) is 8.12. The maximum atomic E-state index is 5.94. The second-order valence-corrected chi connectivity index (χ2v) is 4.70. The van der Waals surface area contributed by atoms with Gasteiger partial charge in [-0.3, -0.25) is 0 Å². The molecule has 5 heteroatoms. The van der Waals surface area contributed by atoms with Crippen molar-refractivity contribution in [1.29, 1.82) is 0 Å². The van der Waals surface area contributed by atoms with Gasteiger partial charge >= 0.3 is 0 Å². The van der Waals surface area contributed by atoms with Crippen LogP contribution in [0.15, 0.2) is 18.2 Å². The lowest BCUT2D eigenvalue weighted by atomic mass is 10.1. The molecule has 0 saturated carbocycles. The summed E-state index contributed by atoms with van der Waals surface area (Å²) in [7, 11) is 0. The highest BCUT2D eigenvalue weighted by Gasteiger charge is 2.09. The molecule has 0 unspecified atom stereocenters. The summed E-state index contributed by atoms with van der Waals surface area (Å²) >= 11 is 7.22. The number of halogens is 1. The molecule has 15 heavy (non-hydrogen) atoms. The molecule has 2 aromatic rings. The smallest absolute Gasteiger partial charge is 0.182 e. The van der Waals surface area contributed by atoms with Gasteiger partial charge in [-0.2, -0.15) is 0 Å². The predicted octanol–water partition coefficient (Wildman–Crippen LogP) is 2.94. The molecule has 0 bridgehead atoms. The van der Waals surface area contributed by atoms with Gasteiger partial charge < -0.3 is 11.5 Å². The molecule has 1 heterocycles. The van der Waals surface area contributed by atoms with Gasteiger partial charge in [-0.25, -0.2) is 4.98 Å². The van der Waals surface area contributed by atoms with E-state index in [-0.39, 0.29) is 0 Å². The first-order chi connectivity index (χ1) is 7.08. The van der Waals surface area contributed by atoms with Crippen molar-refractivity contribution in [1.82, 2.24) is 4.98 Å². The Balaban J connectivity index is 2.54. The summed E-state index contributed by atoms with van der Waals surface area (Å²) in [5.41, 5.74) is 14.1. The number of nitrogens with zero attached hydrogens (tertiary/aromatic N) is 1. The molecule has 0 aliphatic rings. The monoisotopic (exact) mass is 239 g/mol. The Bertz CT molecular complexity index is 507. The van der Waals surface area contributed by atoms with Crippen molar-refractivity contribution in [3.8, 4) is 11.3 Å². The molecule has 1 aromatic heterocycles. The van der Waals surface area contributed by atoms with E-state index in [4.69, 9.17) is 23.1 Å². The number of hydrogen-bond acceptors (Lipinski definition) is 4. The summed E-state index contributed by atoms with van der Waals surface area (Å²) in [6.07, 6.45) is 0. The highest BCUT2D eigenvalue weighted by Crippen LogP contribution is 2.33. The van der Waals surface area contributed by atoms with Crippen LogP contribution in [0.3, 0.4) is 0 Å². The number of rotatable bonds is 1. The molecule has 0 spiro atoms. The normalized spacial score (nSPS) is 10.5. The first kappa shape index (κ1) is 10.3. The van der Waals surface area contributed by atoms with Crippen LogP contribution in [0.1, 0.15) is 5.56 Å². The van der Waals surface area contributed by atoms with Crippen LogP contribution in [0.2, 0.25) is 5.02 Å². The molecular formula is C10H10ClN3S. The van der Waals surface area contributed by atoms with Gasteiger partial charge in [0.05, 0.1) is 0 Å². The average molecular weight is 240 g/mol. The fraction of sp³-hybridized carbons (Fsp3) is 0.100. The van der Waals surface area contributed by atoms with E-state index in [1.165, 1.54) is 11.3 Å². The van der Waals surface area contributed by atoms with Crippen molar-refractivity contribution < 1.29 is 0 Å². The lowest BCUT2D eigenvalue weighted by molar-refractivity contribution is 1.39. The van der Waals surface area contributed by atoms with E-state index in [0.29, 0.717) is 10.1 Å². The summed E-state index contributed by atoms with van der Waals surface area (Å²) in [6.45, 7) is 1.94. The Hall–Kier alpha value is -1.26.